The first kappa shape index (κ1) is 16.3. The van der Waals surface area contributed by atoms with Gasteiger partial charge in [-0.05, 0) is 24.1 Å². The number of nitrogens with one attached hydrogen (secondary N) is 1. The molecule has 0 radical (unpaired) electrons. The molecule has 1 N–H and O–H groups in total. The van der Waals surface area contributed by atoms with Gasteiger partial charge in [-0.25, -0.2) is 9.97 Å². The summed E-state index contributed by atoms with van der Waals surface area (Å²) in [6, 6.07) is 7.98. The third-order valence-electron chi connectivity index (χ3n) is 4.49. The lowest BCUT2D eigenvalue weighted by Crippen LogP contribution is -2.43. The zero-order valence-electron chi connectivity index (χ0n) is 13.7. The zero-order chi connectivity index (χ0) is 17.4. The van der Waals surface area contributed by atoms with Gasteiger partial charge in [-0.15, -0.1) is 11.3 Å². The minimum atomic E-state index is 0.193. The molecular formula is C18H17ClN4OS. The van der Waals surface area contributed by atoms with E-state index in [1.54, 1.807) is 22.6 Å². The van der Waals surface area contributed by atoms with E-state index in [1.165, 1.54) is 0 Å². The number of anilines is 1. The van der Waals surface area contributed by atoms with Gasteiger partial charge in [0.2, 0.25) is 5.91 Å². The van der Waals surface area contributed by atoms with E-state index in [2.05, 4.69) is 20.7 Å². The van der Waals surface area contributed by atoms with Crippen LogP contribution in [0.4, 0.5) is 5.82 Å². The van der Waals surface area contributed by atoms with Crippen LogP contribution in [0.25, 0.3) is 21.3 Å². The Balaban J connectivity index is 1.71. The molecule has 0 spiro atoms. The second-order valence-electron chi connectivity index (χ2n) is 6.21. The predicted molar refractivity (Wildman–Crippen MR) is 102 cm³/mol. The predicted octanol–water partition coefficient (Wildman–Crippen LogP) is 4.04. The minimum absolute atomic E-state index is 0.193. The summed E-state index contributed by atoms with van der Waals surface area (Å²) in [5.41, 5.74) is 2.18. The van der Waals surface area contributed by atoms with Crippen molar-refractivity contribution in [1.82, 2.24) is 14.9 Å². The Morgan fingerprint density at radius 3 is 2.84 bits per heavy atom. The van der Waals surface area contributed by atoms with Crippen molar-refractivity contribution < 1.29 is 4.79 Å². The van der Waals surface area contributed by atoms with E-state index < -0.39 is 0 Å². The van der Waals surface area contributed by atoms with Gasteiger partial charge in [0, 0.05) is 42.0 Å². The van der Waals surface area contributed by atoms with Gasteiger partial charge in [-0.3, -0.25) is 4.79 Å². The molecule has 1 aromatic carbocycles. The third-order valence-corrected chi connectivity index (χ3v) is 5.63. The Morgan fingerprint density at radius 1 is 1.28 bits per heavy atom. The Bertz CT molecular complexity index is 924. The fourth-order valence-electron chi connectivity index (χ4n) is 3.15. The number of amides is 1. The van der Waals surface area contributed by atoms with E-state index in [0.29, 0.717) is 18.0 Å². The summed E-state index contributed by atoms with van der Waals surface area (Å²) in [6.45, 7) is 0.685. The molecule has 128 valence electrons. The van der Waals surface area contributed by atoms with Gasteiger partial charge in [0.25, 0.3) is 0 Å². The van der Waals surface area contributed by atoms with Crippen molar-refractivity contribution in [2.45, 2.75) is 18.9 Å². The van der Waals surface area contributed by atoms with Gasteiger partial charge in [-0.1, -0.05) is 23.7 Å². The largest absolute Gasteiger partial charge is 0.365 e. The molecule has 1 unspecified atom stereocenters. The number of likely N-dealkylation sites (tertiary alicyclic amines) is 1. The maximum atomic E-state index is 11.7. The van der Waals surface area contributed by atoms with Gasteiger partial charge in [0.15, 0.2) is 0 Å². The van der Waals surface area contributed by atoms with Gasteiger partial charge < -0.3 is 10.2 Å². The highest BCUT2D eigenvalue weighted by Crippen LogP contribution is 2.37. The average molecular weight is 373 g/mol. The first-order chi connectivity index (χ1) is 12.1. The van der Waals surface area contributed by atoms with Crippen molar-refractivity contribution in [3.05, 3.63) is 41.0 Å². The van der Waals surface area contributed by atoms with Gasteiger partial charge in [0.05, 0.1) is 5.39 Å². The number of piperidine rings is 1. The van der Waals surface area contributed by atoms with E-state index in [-0.39, 0.29) is 11.9 Å². The number of benzene rings is 1. The molecular weight excluding hydrogens is 356 g/mol. The molecule has 2 aromatic heterocycles. The van der Waals surface area contributed by atoms with Crippen LogP contribution in [0.3, 0.4) is 0 Å². The van der Waals surface area contributed by atoms with Crippen molar-refractivity contribution in [2.75, 3.05) is 18.9 Å². The Kier molecular flexibility index (Phi) is 4.31. The van der Waals surface area contributed by atoms with E-state index in [9.17, 15) is 4.79 Å². The summed E-state index contributed by atoms with van der Waals surface area (Å²) >= 11 is 7.61. The van der Waals surface area contributed by atoms with E-state index in [1.807, 2.05) is 31.3 Å². The Hall–Kier alpha value is -2.18. The topological polar surface area (TPSA) is 58.1 Å². The molecule has 3 heterocycles. The van der Waals surface area contributed by atoms with Crippen LogP contribution in [-0.2, 0) is 4.79 Å². The molecule has 0 saturated carbocycles. The molecule has 3 aromatic rings. The molecule has 0 bridgehead atoms. The van der Waals surface area contributed by atoms with Crippen LogP contribution in [0.5, 0.6) is 0 Å². The van der Waals surface area contributed by atoms with Crippen LogP contribution in [0.2, 0.25) is 5.02 Å². The molecule has 1 saturated heterocycles. The molecule has 1 atom stereocenters. The molecule has 25 heavy (non-hydrogen) atoms. The molecule has 4 rings (SSSR count). The number of likely N-dealkylation sites (N-methyl/N-ethyl adjacent to an activating group) is 1. The molecule has 1 aliphatic heterocycles. The highest BCUT2D eigenvalue weighted by molar-refractivity contribution is 7.17. The number of thiophene rings is 1. The third kappa shape index (κ3) is 3.19. The van der Waals surface area contributed by atoms with Crippen LogP contribution in [0.15, 0.2) is 36.0 Å². The summed E-state index contributed by atoms with van der Waals surface area (Å²) in [6.07, 6.45) is 2.97. The fourth-order valence-corrected chi connectivity index (χ4v) is 4.19. The molecule has 1 aliphatic rings. The summed E-state index contributed by atoms with van der Waals surface area (Å²) in [5.74, 6) is 1.02. The summed E-state index contributed by atoms with van der Waals surface area (Å²) in [7, 11) is 1.84. The molecule has 7 heteroatoms. The minimum Gasteiger partial charge on any atom is -0.365 e. The quantitative estimate of drug-likeness (QED) is 0.753. The molecule has 5 nitrogen and oxygen atoms in total. The van der Waals surface area contributed by atoms with E-state index >= 15 is 0 Å². The monoisotopic (exact) mass is 372 g/mol. The van der Waals surface area contributed by atoms with Crippen LogP contribution in [0.1, 0.15) is 12.8 Å². The summed E-state index contributed by atoms with van der Waals surface area (Å²) in [4.78, 5) is 23.3. The normalized spacial score (nSPS) is 17.9. The van der Waals surface area contributed by atoms with E-state index in [0.717, 1.165) is 33.6 Å². The second-order valence-corrected chi connectivity index (χ2v) is 7.51. The first-order valence-electron chi connectivity index (χ1n) is 8.10. The van der Waals surface area contributed by atoms with Crippen LogP contribution < -0.4 is 5.32 Å². The van der Waals surface area contributed by atoms with Gasteiger partial charge in [-0.2, -0.15) is 0 Å². The van der Waals surface area contributed by atoms with Crippen molar-refractivity contribution in [1.29, 1.82) is 0 Å². The summed E-state index contributed by atoms with van der Waals surface area (Å²) < 4.78 is 0. The van der Waals surface area contributed by atoms with Crippen molar-refractivity contribution in [3.8, 4) is 11.1 Å². The second kappa shape index (κ2) is 6.61. The number of hydrogen-bond acceptors (Lipinski definition) is 5. The van der Waals surface area contributed by atoms with Crippen LogP contribution in [-0.4, -0.2) is 40.4 Å². The number of carbonyl (C=O) groups excluding carboxylic acids is 1. The maximum Gasteiger partial charge on any atom is 0.222 e. The molecule has 1 fully saturated rings. The average Bonchev–Trinajstić information content (AvgIpc) is 3.04. The number of nitrogens with zero attached hydrogens (tertiary/aromatic N) is 3. The summed E-state index contributed by atoms with van der Waals surface area (Å²) in [5, 5.41) is 7.36. The maximum absolute atomic E-state index is 11.7. The SMILES string of the molecule is CN1CC(Nc2ncnc3scc(-c4ccc(Cl)cc4)c23)CCC1=O. The highest BCUT2D eigenvalue weighted by Gasteiger charge is 2.24. The molecule has 1 amide bonds. The number of carbonyl (C=O) groups is 1. The van der Waals surface area contributed by atoms with Gasteiger partial charge >= 0.3 is 0 Å². The standard InChI is InChI=1S/C18H17ClN4OS/c1-23-8-13(6-7-15(23)24)22-17-16-14(9-25-18(16)21-10-20-17)11-2-4-12(19)5-3-11/h2-5,9-10,13H,6-8H2,1H3,(H,20,21,22). The lowest BCUT2D eigenvalue weighted by Gasteiger charge is -2.30. The van der Waals surface area contributed by atoms with Crippen molar-refractivity contribution >= 4 is 44.9 Å². The van der Waals surface area contributed by atoms with Crippen molar-refractivity contribution in [2.24, 2.45) is 0 Å². The number of hydrogen-bond donors (Lipinski definition) is 1. The number of aromatic nitrogens is 2. The lowest BCUT2D eigenvalue weighted by molar-refractivity contribution is -0.132. The number of rotatable bonds is 3. The lowest BCUT2D eigenvalue weighted by atomic mass is 10.0. The van der Waals surface area contributed by atoms with E-state index in [4.69, 9.17) is 11.6 Å². The highest BCUT2D eigenvalue weighted by atomic mass is 35.5. The van der Waals surface area contributed by atoms with Gasteiger partial charge in [0.1, 0.15) is 17.0 Å². The van der Waals surface area contributed by atoms with Crippen LogP contribution >= 0.6 is 22.9 Å². The van der Waals surface area contributed by atoms with Crippen LogP contribution in [0, 0.1) is 0 Å². The smallest absolute Gasteiger partial charge is 0.222 e. The molecule has 0 aliphatic carbocycles. The fraction of sp³-hybridized carbons (Fsp3) is 0.278. The Morgan fingerprint density at radius 2 is 2.08 bits per heavy atom. The first-order valence-corrected chi connectivity index (χ1v) is 9.36. The Labute approximate surface area is 154 Å². The zero-order valence-corrected chi connectivity index (χ0v) is 15.3. The van der Waals surface area contributed by atoms with Crippen molar-refractivity contribution in [3.63, 3.8) is 0 Å². The number of fused-ring (bicyclic) bond motifs is 1. The number of halogens is 1.